The third-order valence-corrected chi connectivity index (χ3v) is 3.03. The number of methoxy groups -OCH3 is 1. The molecule has 3 aromatic rings. The van der Waals surface area contributed by atoms with Crippen LogP contribution in [0.5, 0.6) is 5.88 Å². The Bertz CT molecular complexity index is 757. The van der Waals surface area contributed by atoms with E-state index in [9.17, 15) is 4.39 Å². The van der Waals surface area contributed by atoms with Crippen molar-refractivity contribution in [3.05, 3.63) is 41.2 Å². The Balaban J connectivity index is 2.14. The van der Waals surface area contributed by atoms with E-state index in [2.05, 4.69) is 15.0 Å². The van der Waals surface area contributed by atoms with Crippen LogP contribution in [0.3, 0.4) is 0 Å². The zero-order valence-electron chi connectivity index (χ0n) is 9.95. The monoisotopic (exact) mass is 277 g/mol. The number of fused-ring (bicyclic) bond motifs is 1. The smallest absolute Gasteiger partial charge is 0.215 e. The maximum absolute atomic E-state index is 13.0. The molecule has 1 N–H and O–H groups in total. The highest BCUT2D eigenvalue weighted by molar-refractivity contribution is 6.33. The predicted molar refractivity (Wildman–Crippen MR) is 70.8 cm³/mol. The highest BCUT2D eigenvalue weighted by Gasteiger charge is 2.11. The molecular weight excluding hydrogens is 269 g/mol. The van der Waals surface area contributed by atoms with Crippen molar-refractivity contribution in [2.24, 2.45) is 0 Å². The van der Waals surface area contributed by atoms with E-state index < -0.39 is 0 Å². The molecule has 0 aliphatic rings. The molecule has 0 saturated carbocycles. The van der Waals surface area contributed by atoms with Crippen LogP contribution in [0, 0.1) is 5.82 Å². The summed E-state index contributed by atoms with van der Waals surface area (Å²) < 4.78 is 18.1. The predicted octanol–water partition coefficient (Wildman–Crippen LogP) is 3.43. The molecule has 1 aromatic carbocycles. The number of aromatic amines is 1. The second-order valence-electron chi connectivity index (χ2n) is 3.93. The lowest BCUT2D eigenvalue weighted by Gasteiger charge is -1.99. The fraction of sp³-hybridized carbons (Fsp3) is 0.0769. The topological polar surface area (TPSA) is 50.8 Å². The molecule has 3 rings (SSSR count). The van der Waals surface area contributed by atoms with E-state index in [0.29, 0.717) is 27.9 Å². The minimum absolute atomic E-state index is 0.297. The average Bonchev–Trinajstić information content (AvgIpc) is 2.80. The maximum atomic E-state index is 13.0. The zero-order valence-corrected chi connectivity index (χ0v) is 10.7. The van der Waals surface area contributed by atoms with Gasteiger partial charge in [-0.15, -0.1) is 0 Å². The summed E-state index contributed by atoms with van der Waals surface area (Å²) in [6, 6.07) is 7.71. The molecule has 0 aliphatic carbocycles. The molecule has 0 amide bonds. The first-order valence-corrected chi connectivity index (χ1v) is 5.91. The van der Waals surface area contributed by atoms with Gasteiger partial charge in [-0.3, -0.25) is 0 Å². The van der Waals surface area contributed by atoms with Gasteiger partial charge in [-0.25, -0.2) is 9.37 Å². The van der Waals surface area contributed by atoms with Crippen LogP contribution in [0.1, 0.15) is 0 Å². The molecule has 0 spiro atoms. The molecule has 0 radical (unpaired) electrons. The highest BCUT2D eigenvalue weighted by atomic mass is 35.5. The van der Waals surface area contributed by atoms with Crippen molar-refractivity contribution in [2.45, 2.75) is 0 Å². The normalized spacial score (nSPS) is 10.9. The summed E-state index contributed by atoms with van der Waals surface area (Å²) in [5.74, 6) is 0.640. The van der Waals surface area contributed by atoms with Crippen LogP contribution in [0.15, 0.2) is 30.3 Å². The third kappa shape index (κ3) is 2.13. The molecule has 2 heterocycles. The Morgan fingerprint density at radius 3 is 2.79 bits per heavy atom. The van der Waals surface area contributed by atoms with Crippen LogP contribution in [0.25, 0.3) is 22.6 Å². The van der Waals surface area contributed by atoms with Gasteiger partial charge in [0.05, 0.1) is 17.6 Å². The minimum atomic E-state index is -0.385. The summed E-state index contributed by atoms with van der Waals surface area (Å²) in [4.78, 5) is 11.6. The number of pyridine rings is 1. The lowest BCUT2D eigenvalue weighted by Crippen LogP contribution is -1.86. The van der Waals surface area contributed by atoms with Gasteiger partial charge in [0.25, 0.3) is 0 Å². The van der Waals surface area contributed by atoms with E-state index >= 15 is 0 Å². The molecule has 6 heteroatoms. The van der Waals surface area contributed by atoms with Crippen molar-refractivity contribution in [1.82, 2.24) is 15.0 Å². The third-order valence-electron chi connectivity index (χ3n) is 2.72. The van der Waals surface area contributed by atoms with Crippen molar-refractivity contribution in [2.75, 3.05) is 7.11 Å². The van der Waals surface area contributed by atoms with E-state index in [1.165, 1.54) is 12.1 Å². The van der Waals surface area contributed by atoms with Gasteiger partial charge in [0.15, 0.2) is 5.65 Å². The number of nitrogens with zero attached hydrogens (tertiary/aromatic N) is 2. The minimum Gasteiger partial charge on any atom is -0.481 e. The number of hydrogen-bond acceptors (Lipinski definition) is 3. The Labute approximate surface area is 113 Å². The van der Waals surface area contributed by atoms with Crippen LogP contribution in [0.4, 0.5) is 4.39 Å². The Morgan fingerprint density at radius 2 is 2.05 bits per heavy atom. The number of hydrogen-bond donors (Lipinski definition) is 1. The Morgan fingerprint density at radius 1 is 1.21 bits per heavy atom. The molecular formula is C13H9ClFN3O. The zero-order chi connectivity index (χ0) is 13.4. The Hall–Kier alpha value is -2.14. The van der Waals surface area contributed by atoms with Crippen LogP contribution >= 0.6 is 11.6 Å². The summed E-state index contributed by atoms with van der Waals surface area (Å²) in [5, 5.41) is 0.297. The molecule has 2 aromatic heterocycles. The lowest BCUT2D eigenvalue weighted by molar-refractivity contribution is 0.399. The highest BCUT2D eigenvalue weighted by Crippen LogP contribution is 2.28. The van der Waals surface area contributed by atoms with Gasteiger partial charge in [-0.05, 0) is 24.3 Å². The van der Waals surface area contributed by atoms with Gasteiger partial charge in [0.1, 0.15) is 11.6 Å². The maximum Gasteiger partial charge on any atom is 0.215 e. The quantitative estimate of drug-likeness (QED) is 0.781. The average molecular weight is 278 g/mol. The molecule has 0 unspecified atom stereocenters. The van der Waals surface area contributed by atoms with Crippen LogP contribution in [-0.4, -0.2) is 22.1 Å². The number of halogens is 2. The van der Waals surface area contributed by atoms with E-state index in [4.69, 9.17) is 16.3 Å². The van der Waals surface area contributed by atoms with Crippen molar-refractivity contribution >= 4 is 22.8 Å². The van der Waals surface area contributed by atoms with Crippen molar-refractivity contribution in [3.8, 4) is 17.3 Å². The number of ether oxygens (including phenoxy) is 1. The summed E-state index contributed by atoms with van der Waals surface area (Å²) >= 11 is 6.01. The first kappa shape index (κ1) is 11.9. The molecule has 0 bridgehead atoms. The van der Waals surface area contributed by atoms with Crippen molar-refractivity contribution < 1.29 is 9.13 Å². The number of nitrogens with one attached hydrogen (secondary N) is 1. The van der Waals surface area contributed by atoms with Gasteiger partial charge in [0.2, 0.25) is 5.88 Å². The summed E-state index contributed by atoms with van der Waals surface area (Å²) in [6.07, 6.45) is 0. The number of H-pyrrole nitrogens is 1. The first-order chi connectivity index (χ1) is 9.17. The Kier molecular flexibility index (Phi) is 2.83. The summed E-state index contributed by atoms with van der Waals surface area (Å²) in [6.45, 7) is 0. The van der Waals surface area contributed by atoms with Gasteiger partial charge in [-0.2, -0.15) is 4.98 Å². The van der Waals surface area contributed by atoms with E-state index in [1.807, 2.05) is 6.07 Å². The summed E-state index contributed by atoms with van der Waals surface area (Å²) in [7, 11) is 1.54. The van der Waals surface area contributed by atoms with Gasteiger partial charge < -0.3 is 9.72 Å². The lowest BCUT2D eigenvalue weighted by atomic mass is 10.2. The standard InChI is InChI=1S/C13H9ClFN3O/c1-19-11-5-4-10-13(17-11)18-12(16-10)8-3-2-7(15)6-9(8)14/h2-6H,1H3,(H,16,17,18). The molecule has 0 fully saturated rings. The van der Waals surface area contributed by atoms with Crippen LogP contribution < -0.4 is 4.74 Å². The van der Waals surface area contributed by atoms with Gasteiger partial charge >= 0.3 is 0 Å². The number of imidazole rings is 1. The van der Waals surface area contributed by atoms with Gasteiger partial charge in [0, 0.05) is 11.6 Å². The van der Waals surface area contributed by atoms with Gasteiger partial charge in [-0.1, -0.05) is 11.6 Å². The largest absolute Gasteiger partial charge is 0.481 e. The van der Waals surface area contributed by atoms with Crippen molar-refractivity contribution in [3.63, 3.8) is 0 Å². The van der Waals surface area contributed by atoms with Crippen LogP contribution in [-0.2, 0) is 0 Å². The first-order valence-electron chi connectivity index (χ1n) is 5.53. The molecule has 0 aliphatic heterocycles. The fourth-order valence-electron chi connectivity index (χ4n) is 1.80. The molecule has 0 atom stereocenters. The van der Waals surface area contributed by atoms with E-state index in [1.54, 1.807) is 19.2 Å². The fourth-order valence-corrected chi connectivity index (χ4v) is 2.05. The van der Waals surface area contributed by atoms with E-state index in [0.717, 1.165) is 5.52 Å². The molecule has 19 heavy (non-hydrogen) atoms. The summed E-state index contributed by atoms with van der Waals surface area (Å²) in [5.41, 5.74) is 1.91. The SMILES string of the molecule is COc1ccc2[nH]c(-c3ccc(F)cc3Cl)nc2n1. The van der Waals surface area contributed by atoms with E-state index in [-0.39, 0.29) is 5.82 Å². The van der Waals surface area contributed by atoms with Crippen molar-refractivity contribution in [1.29, 1.82) is 0 Å². The number of rotatable bonds is 2. The molecule has 0 saturated heterocycles. The molecule has 96 valence electrons. The molecule has 4 nitrogen and oxygen atoms in total. The number of benzene rings is 1. The second-order valence-corrected chi connectivity index (χ2v) is 4.34. The second kappa shape index (κ2) is 4.51. The number of aromatic nitrogens is 3. The van der Waals surface area contributed by atoms with Crippen LogP contribution in [0.2, 0.25) is 5.02 Å².